The molecule has 2 aromatic heterocycles. The van der Waals surface area contributed by atoms with Crippen LogP contribution in [0.5, 0.6) is 0 Å². The van der Waals surface area contributed by atoms with Crippen molar-refractivity contribution in [2.75, 3.05) is 6.26 Å². The largest absolute Gasteiger partial charge is 0.245 e. The van der Waals surface area contributed by atoms with Gasteiger partial charge in [0.1, 0.15) is 5.82 Å². The second-order valence-electron chi connectivity index (χ2n) is 7.26. The standard InChI is InChI=1S/C24H22FN3OS2/c1-4-22-27-23(17-7-5-6-16(2)14-17)24(30-22)18-12-13-26-21(15-18)28-31(3,29)20-10-8-19(25)9-11-20/h5-15H,4H2,1-3H3. The minimum atomic E-state index is -2.76. The van der Waals surface area contributed by atoms with Crippen LogP contribution >= 0.6 is 11.3 Å². The molecule has 0 fully saturated rings. The number of aromatic nitrogens is 2. The zero-order chi connectivity index (χ0) is 22.0. The smallest absolute Gasteiger partial charge is 0.162 e. The molecule has 2 heterocycles. The number of rotatable bonds is 5. The van der Waals surface area contributed by atoms with Crippen molar-refractivity contribution >= 4 is 26.9 Å². The number of hydrogen-bond donors (Lipinski definition) is 0. The van der Waals surface area contributed by atoms with Gasteiger partial charge in [0.2, 0.25) is 0 Å². The lowest BCUT2D eigenvalue weighted by molar-refractivity contribution is 0.626. The molecule has 0 aliphatic rings. The Morgan fingerprint density at radius 1 is 1.06 bits per heavy atom. The minimum Gasteiger partial charge on any atom is -0.245 e. The molecule has 0 bridgehead atoms. The van der Waals surface area contributed by atoms with E-state index >= 15 is 0 Å². The van der Waals surface area contributed by atoms with E-state index in [2.05, 4.69) is 41.4 Å². The Labute approximate surface area is 186 Å². The molecule has 1 atom stereocenters. The van der Waals surface area contributed by atoms with Crippen LogP contribution in [0, 0.1) is 12.7 Å². The van der Waals surface area contributed by atoms with E-state index in [9.17, 15) is 8.60 Å². The molecule has 158 valence electrons. The van der Waals surface area contributed by atoms with Crippen molar-refractivity contribution in [3.8, 4) is 21.7 Å². The van der Waals surface area contributed by atoms with Crippen molar-refractivity contribution < 1.29 is 8.60 Å². The maximum atomic E-state index is 13.2. The van der Waals surface area contributed by atoms with Gasteiger partial charge in [-0.05, 0) is 61.4 Å². The average molecular weight is 452 g/mol. The molecule has 4 nitrogen and oxygen atoms in total. The molecule has 1 unspecified atom stereocenters. The van der Waals surface area contributed by atoms with E-state index in [1.165, 1.54) is 36.1 Å². The van der Waals surface area contributed by atoms with E-state index in [1.54, 1.807) is 17.5 Å². The Morgan fingerprint density at radius 3 is 2.55 bits per heavy atom. The van der Waals surface area contributed by atoms with E-state index in [-0.39, 0.29) is 5.82 Å². The second-order valence-corrected chi connectivity index (χ2v) is 10.6. The third kappa shape index (κ3) is 4.73. The van der Waals surface area contributed by atoms with Gasteiger partial charge in [-0.15, -0.1) is 11.3 Å². The molecule has 4 rings (SSSR count). The molecule has 2 aromatic carbocycles. The summed E-state index contributed by atoms with van der Waals surface area (Å²) in [7, 11) is -2.76. The average Bonchev–Trinajstić information content (AvgIpc) is 3.19. The third-order valence-corrected chi connectivity index (χ3v) is 7.72. The van der Waals surface area contributed by atoms with Gasteiger partial charge in [-0.2, -0.15) is 4.36 Å². The Morgan fingerprint density at radius 2 is 1.84 bits per heavy atom. The van der Waals surface area contributed by atoms with Gasteiger partial charge in [-0.3, -0.25) is 0 Å². The summed E-state index contributed by atoms with van der Waals surface area (Å²) in [6.07, 6.45) is 4.05. The number of halogens is 1. The highest BCUT2D eigenvalue weighted by Gasteiger charge is 2.16. The zero-order valence-corrected chi connectivity index (χ0v) is 19.1. The summed E-state index contributed by atoms with van der Waals surface area (Å²) in [5, 5.41) is 1.05. The highest BCUT2D eigenvalue weighted by atomic mass is 32.2. The van der Waals surface area contributed by atoms with Crippen LogP contribution < -0.4 is 0 Å². The summed E-state index contributed by atoms with van der Waals surface area (Å²) in [6.45, 7) is 4.15. The van der Waals surface area contributed by atoms with E-state index in [4.69, 9.17) is 4.98 Å². The molecular formula is C24H22FN3OS2. The maximum Gasteiger partial charge on any atom is 0.162 e. The Balaban J connectivity index is 1.80. The lowest BCUT2D eigenvalue weighted by atomic mass is 10.1. The first-order valence-corrected chi connectivity index (χ1v) is 12.6. The quantitative estimate of drug-likeness (QED) is 0.340. The number of benzene rings is 2. The van der Waals surface area contributed by atoms with Gasteiger partial charge >= 0.3 is 0 Å². The van der Waals surface area contributed by atoms with Gasteiger partial charge < -0.3 is 0 Å². The molecule has 7 heteroatoms. The Kier molecular flexibility index (Phi) is 5.98. The van der Waals surface area contributed by atoms with Crippen LogP contribution in [0.4, 0.5) is 10.2 Å². The minimum absolute atomic E-state index is 0.371. The fourth-order valence-corrected chi connectivity index (χ4v) is 5.45. The fraction of sp³-hybridized carbons (Fsp3) is 0.167. The first kappa shape index (κ1) is 21.3. The summed E-state index contributed by atoms with van der Waals surface area (Å²) < 4.78 is 30.8. The van der Waals surface area contributed by atoms with E-state index in [0.717, 1.165) is 33.1 Å². The van der Waals surface area contributed by atoms with Crippen molar-refractivity contribution in [1.82, 2.24) is 9.97 Å². The number of hydrogen-bond acceptors (Lipinski definition) is 5. The van der Waals surface area contributed by atoms with Crippen molar-refractivity contribution in [1.29, 1.82) is 0 Å². The summed E-state index contributed by atoms with van der Waals surface area (Å²) in [5.41, 5.74) is 4.09. The van der Waals surface area contributed by atoms with Crippen LogP contribution in [0.2, 0.25) is 0 Å². The zero-order valence-electron chi connectivity index (χ0n) is 17.5. The lowest BCUT2D eigenvalue weighted by Crippen LogP contribution is -1.97. The molecule has 0 saturated heterocycles. The number of pyridine rings is 1. The molecule has 0 radical (unpaired) electrons. The predicted molar refractivity (Wildman–Crippen MR) is 126 cm³/mol. The third-order valence-electron chi connectivity index (χ3n) is 4.79. The number of thiazole rings is 1. The molecule has 31 heavy (non-hydrogen) atoms. The van der Waals surface area contributed by atoms with Crippen LogP contribution in [0.25, 0.3) is 21.7 Å². The Hall–Kier alpha value is -2.90. The molecule has 0 N–H and O–H groups in total. The molecule has 0 saturated carbocycles. The Bertz CT molecular complexity index is 1350. The van der Waals surface area contributed by atoms with Gasteiger partial charge in [-0.1, -0.05) is 30.7 Å². The van der Waals surface area contributed by atoms with E-state index < -0.39 is 9.73 Å². The second kappa shape index (κ2) is 8.69. The van der Waals surface area contributed by atoms with Gasteiger partial charge in [-0.25, -0.2) is 18.6 Å². The summed E-state index contributed by atoms with van der Waals surface area (Å²) in [4.78, 5) is 10.7. The first-order chi connectivity index (χ1) is 14.9. The van der Waals surface area contributed by atoms with Crippen molar-refractivity contribution in [2.45, 2.75) is 25.2 Å². The highest BCUT2D eigenvalue weighted by Crippen LogP contribution is 2.38. The van der Waals surface area contributed by atoms with Crippen molar-refractivity contribution in [2.24, 2.45) is 4.36 Å². The van der Waals surface area contributed by atoms with Gasteiger partial charge in [0.25, 0.3) is 0 Å². The molecule has 4 aromatic rings. The van der Waals surface area contributed by atoms with Crippen molar-refractivity contribution in [3.63, 3.8) is 0 Å². The summed E-state index contributed by atoms with van der Waals surface area (Å²) in [6, 6.07) is 17.6. The normalized spacial score (nSPS) is 13.0. The van der Waals surface area contributed by atoms with Gasteiger partial charge in [0.15, 0.2) is 5.82 Å². The van der Waals surface area contributed by atoms with Crippen LogP contribution in [-0.4, -0.2) is 20.4 Å². The van der Waals surface area contributed by atoms with Crippen LogP contribution in [0.1, 0.15) is 17.5 Å². The van der Waals surface area contributed by atoms with Gasteiger partial charge in [0.05, 0.1) is 25.3 Å². The van der Waals surface area contributed by atoms with Crippen LogP contribution in [0.3, 0.4) is 0 Å². The number of aryl methyl sites for hydroxylation is 2. The van der Waals surface area contributed by atoms with Crippen LogP contribution in [0.15, 0.2) is 76.1 Å². The first-order valence-electron chi connectivity index (χ1n) is 9.86. The van der Waals surface area contributed by atoms with E-state index in [0.29, 0.717) is 10.7 Å². The molecule has 0 aliphatic carbocycles. The fourth-order valence-electron chi connectivity index (χ4n) is 3.23. The topological polar surface area (TPSA) is 55.2 Å². The lowest BCUT2D eigenvalue weighted by Gasteiger charge is -2.06. The number of nitrogens with zero attached hydrogens (tertiary/aromatic N) is 3. The highest BCUT2D eigenvalue weighted by molar-refractivity contribution is 7.93. The maximum absolute atomic E-state index is 13.2. The molecule has 0 amide bonds. The molecule has 0 spiro atoms. The molecular weight excluding hydrogens is 429 g/mol. The summed E-state index contributed by atoms with van der Waals surface area (Å²) >= 11 is 1.64. The van der Waals surface area contributed by atoms with Gasteiger partial charge in [0, 0.05) is 22.9 Å². The van der Waals surface area contributed by atoms with E-state index in [1.807, 2.05) is 18.2 Å². The monoisotopic (exact) mass is 451 g/mol. The van der Waals surface area contributed by atoms with Crippen molar-refractivity contribution in [3.05, 3.63) is 83.2 Å². The summed E-state index contributed by atoms with van der Waals surface area (Å²) in [5.74, 6) is -0.00404. The molecule has 0 aliphatic heterocycles. The predicted octanol–water partition coefficient (Wildman–Crippen LogP) is 6.67. The SMILES string of the molecule is CCc1nc(-c2cccc(C)c2)c(-c2ccnc(N=S(C)(=O)c3ccc(F)cc3)c2)s1. The van der Waals surface area contributed by atoms with Crippen LogP contribution in [-0.2, 0) is 16.1 Å².